The highest BCUT2D eigenvalue weighted by Crippen LogP contribution is 2.39. The summed E-state index contributed by atoms with van der Waals surface area (Å²) in [5.74, 6) is 1.23. The molecule has 1 amide bonds. The van der Waals surface area contributed by atoms with Crippen molar-refractivity contribution in [3.05, 3.63) is 35.5 Å². The lowest BCUT2D eigenvalue weighted by atomic mass is 10.1. The number of primary amides is 1. The van der Waals surface area contributed by atoms with Crippen molar-refractivity contribution in [2.45, 2.75) is 25.4 Å². The molecule has 2 aliphatic heterocycles. The molecule has 0 bridgehead atoms. The zero-order chi connectivity index (χ0) is 15.8. The minimum atomic E-state index is -0.684. The van der Waals surface area contributed by atoms with Gasteiger partial charge in [0.2, 0.25) is 12.7 Å². The number of carbonyl (C=O) groups excluding carboxylic acids is 1. The average Bonchev–Trinajstić information content (AvgIpc) is 3.27. The molecule has 1 unspecified atom stereocenters. The number of fused-ring (bicyclic) bond motifs is 1. The van der Waals surface area contributed by atoms with Crippen molar-refractivity contribution in [1.82, 2.24) is 15.0 Å². The molecule has 0 aliphatic carbocycles. The highest BCUT2D eigenvalue weighted by Gasteiger charge is 2.32. The Bertz CT molecular complexity index is 745. The van der Waals surface area contributed by atoms with Crippen molar-refractivity contribution in [2.75, 3.05) is 13.3 Å². The molecule has 23 heavy (non-hydrogen) atoms. The lowest BCUT2D eigenvalue weighted by molar-refractivity contribution is 0.0987. The molecular weight excluding hydrogens is 300 g/mol. The van der Waals surface area contributed by atoms with Gasteiger partial charge in [-0.05, 0) is 25.5 Å². The van der Waals surface area contributed by atoms with Crippen LogP contribution in [0.3, 0.4) is 0 Å². The number of para-hydroxylation sites is 1. The molecule has 120 valence electrons. The first-order valence-corrected chi connectivity index (χ1v) is 7.47. The number of carbonyl (C=O) groups is 1. The Morgan fingerprint density at radius 1 is 1.39 bits per heavy atom. The Morgan fingerprint density at radius 2 is 2.30 bits per heavy atom. The summed E-state index contributed by atoms with van der Waals surface area (Å²) in [6.45, 7) is 1.84. The number of nitrogens with two attached hydrogens (primary N) is 1. The lowest BCUT2D eigenvalue weighted by Gasteiger charge is -2.22. The number of amides is 1. The number of ether oxygens (including phenoxy) is 2. The molecule has 1 saturated heterocycles. The predicted molar refractivity (Wildman–Crippen MR) is 77.8 cm³/mol. The van der Waals surface area contributed by atoms with E-state index in [0.29, 0.717) is 12.4 Å². The number of nitrogens with zero attached hydrogens (tertiary/aromatic N) is 3. The molecule has 0 radical (unpaired) electrons. The Balaban J connectivity index is 1.56. The molecule has 0 spiro atoms. The van der Waals surface area contributed by atoms with Crippen molar-refractivity contribution in [1.29, 1.82) is 0 Å². The van der Waals surface area contributed by atoms with Crippen molar-refractivity contribution in [3.63, 3.8) is 0 Å². The molecule has 8 heteroatoms. The fourth-order valence-electron chi connectivity index (χ4n) is 3.10. The van der Waals surface area contributed by atoms with Crippen LogP contribution in [0.2, 0.25) is 0 Å². The zero-order valence-electron chi connectivity index (χ0n) is 12.4. The van der Waals surface area contributed by atoms with E-state index in [1.54, 1.807) is 0 Å². The first-order chi connectivity index (χ1) is 11.2. The molecule has 2 aliphatic rings. The van der Waals surface area contributed by atoms with Crippen LogP contribution in [0.5, 0.6) is 11.5 Å². The minimum absolute atomic E-state index is 0.0197. The smallest absolute Gasteiger partial charge is 0.290 e. The highest BCUT2D eigenvalue weighted by atomic mass is 16.7. The summed E-state index contributed by atoms with van der Waals surface area (Å²) < 4.78 is 16.2. The summed E-state index contributed by atoms with van der Waals surface area (Å²) in [4.78, 5) is 17.5. The van der Waals surface area contributed by atoms with E-state index in [1.165, 1.54) is 0 Å². The van der Waals surface area contributed by atoms with Crippen LogP contribution in [0.4, 0.5) is 0 Å². The third-order valence-electron chi connectivity index (χ3n) is 4.16. The molecule has 1 fully saturated rings. The van der Waals surface area contributed by atoms with E-state index in [9.17, 15) is 4.79 Å². The van der Waals surface area contributed by atoms with E-state index in [1.807, 2.05) is 18.2 Å². The number of hydrogen-bond donors (Lipinski definition) is 1. The molecule has 8 nitrogen and oxygen atoms in total. The number of benzene rings is 1. The van der Waals surface area contributed by atoms with Gasteiger partial charge in [0.05, 0.1) is 6.04 Å². The van der Waals surface area contributed by atoms with Gasteiger partial charge in [-0.25, -0.2) is 0 Å². The summed E-state index contributed by atoms with van der Waals surface area (Å²) in [5, 5.41) is 3.63. The molecule has 2 aromatic rings. The highest BCUT2D eigenvalue weighted by molar-refractivity contribution is 5.88. The maximum absolute atomic E-state index is 11.1. The molecule has 3 heterocycles. The summed E-state index contributed by atoms with van der Waals surface area (Å²) >= 11 is 0. The van der Waals surface area contributed by atoms with E-state index in [2.05, 4.69) is 15.0 Å². The zero-order valence-corrected chi connectivity index (χ0v) is 12.4. The normalized spacial score (nSPS) is 20.1. The molecule has 0 saturated carbocycles. The Hall–Kier alpha value is -2.61. The summed E-state index contributed by atoms with van der Waals surface area (Å²) in [7, 11) is 0. The van der Waals surface area contributed by atoms with Crippen molar-refractivity contribution in [2.24, 2.45) is 5.73 Å². The van der Waals surface area contributed by atoms with Gasteiger partial charge in [-0.2, -0.15) is 4.98 Å². The standard InChI is InChI=1S/C15H16N4O4/c16-13(20)14-17-15(23-18-14)10-4-2-6-19(10)7-9-3-1-5-11-12(9)22-8-21-11/h1,3,5,10H,2,4,6-8H2,(H2,16,20). The largest absolute Gasteiger partial charge is 0.454 e. The predicted octanol–water partition coefficient (Wildman–Crippen LogP) is 1.23. The number of rotatable bonds is 4. The molecule has 4 rings (SSSR count). The van der Waals surface area contributed by atoms with Crippen LogP contribution in [0.1, 0.15) is 41.0 Å². The molecular formula is C15H16N4O4. The average molecular weight is 316 g/mol. The lowest BCUT2D eigenvalue weighted by Crippen LogP contribution is -2.23. The van der Waals surface area contributed by atoms with Gasteiger partial charge in [0.1, 0.15) is 0 Å². The second kappa shape index (κ2) is 5.54. The van der Waals surface area contributed by atoms with Gasteiger partial charge in [0, 0.05) is 12.1 Å². The van der Waals surface area contributed by atoms with Crippen molar-refractivity contribution >= 4 is 5.91 Å². The number of hydrogen-bond acceptors (Lipinski definition) is 7. The van der Waals surface area contributed by atoms with Crippen LogP contribution >= 0.6 is 0 Å². The van der Waals surface area contributed by atoms with Crippen LogP contribution < -0.4 is 15.2 Å². The summed E-state index contributed by atoms with van der Waals surface area (Å²) in [6.07, 6.45) is 1.91. The number of likely N-dealkylation sites (tertiary alicyclic amines) is 1. The van der Waals surface area contributed by atoms with Crippen LogP contribution in [-0.2, 0) is 6.54 Å². The van der Waals surface area contributed by atoms with Gasteiger partial charge in [-0.1, -0.05) is 17.3 Å². The Labute approximate surface area is 132 Å². The fraction of sp³-hybridized carbons (Fsp3) is 0.400. The second-order valence-corrected chi connectivity index (χ2v) is 5.60. The molecule has 2 N–H and O–H groups in total. The van der Waals surface area contributed by atoms with Gasteiger partial charge in [0.25, 0.3) is 11.7 Å². The number of aromatic nitrogens is 2. The van der Waals surface area contributed by atoms with Crippen LogP contribution in [0.15, 0.2) is 22.7 Å². The first-order valence-electron chi connectivity index (χ1n) is 7.47. The topological polar surface area (TPSA) is 104 Å². The third-order valence-corrected chi connectivity index (χ3v) is 4.16. The van der Waals surface area contributed by atoms with Crippen molar-refractivity contribution in [3.8, 4) is 11.5 Å². The fourth-order valence-corrected chi connectivity index (χ4v) is 3.10. The minimum Gasteiger partial charge on any atom is -0.454 e. The monoisotopic (exact) mass is 316 g/mol. The second-order valence-electron chi connectivity index (χ2n) is 5.60. The van der Waals surface area contributed by atoms with Crippen molar-refractivity contribution < 1.29 is 18.8 Å². The van der Waals surface area contributed by atoms with Crippen LogP contribution in [0, 0.1) is 0 Å². The van der Waals surface area contributed by atoms with Gasteiger partial charge >= 0.3 is 0 Å². The maximum Gasteiger partial charge on any atom is 0.290 e. The SMILES string of the molecule is NC(=O)c1noc(C2CCCN2Cc2cccc3c2OCO3)n1. The molecule has 1 aromatic carbocycles. The van der Waals surface area contributed by atoms with Gasteiger partial charge in [0.15, 0.2) is 11.5 Å². The third kappa shape index (κ3) is 2.50. The van der Waals surface area contributed by atoms with E-state index in [4.69, 9.17) is 19.7 Å². The van der Waals surface area contributed by atoms with Crippen LogP contribution in [0.25, 0.3) is 0 Å². The van der Waals surface area contributed by atoms with Gasteiger partial charge in [-0.3, -0.25) is 9.69 Å². The Kier molecular flexibility index (Phi) is 3.38. The quantitative estimate of drug-likeness (QED) is 0.904. The summed E-state index contributed by atoms with van der Waals surface area (Å²) in [6, 6.07) is 5.84. The van der Waals surface area contributed by atoms with E-state index in [0.717, 1.165) is 36.4 Å². The molecule has 1 atom stereocenters. The van der Waals surface area contributed by atoms with Gasteiger partial charge < -0.3 is 19.7 Å². The summed E-state index contributed by atoms with van der Waals surface area (Å²) in [5.41, 5.74) is 6.23. The van der Waals surface area contributed by atoms with Gasteiger partial charge in [-0.15, -0.1) is 0 Å². The van der Waals surface area contributed by atoms with E-state index < -0.39 is 5.91 Å². The maximum atomic E-state index is 11.1. The first kappa shape index (κ1) is 14.0. The van der Waals surface area contributed by atoms with E-state index >= 15 is 0 Å². The molecule has 1 aromatic heterocycles. The van der Waals surface area contributed by atoms with E-state index in [-0.39, 0.29) is 18.7 Å². The Morgan fingerprint density at radius 3 is 3.13 bits per heavy atom. The van der Waals surface area contributed by atoms with Crippen LogP contribution in [-0.4, -0.2) is 34.3 Å².